The second-order valence-electron chi connectivity index (χ2n) is 4.10. The molecule has 0 heterocycles. The summed E-state index contributed by atoms with van der Waals surface area (Å²) < 4.78 is 33.6. The van der Waals surface area contributed by atoms with Crippen LogP contribution in [0.3, 0.4) is 0 Å². The van der Waals surface area contributed by atoms with Crippen molar-refractivity contribution in [1.29, 1.82) is 0 Å². The highest BCUT2D eigenvalue weighted by atomic mass is 79.9. The first-order valence-corrected chi connectivity index (χ1v) is 6.62. The van der Waals surface area contributed by atoms with Gasteiger partial charge in [-0.2, -0.15) is 0 Å². The van der Waals surface area contributed by atoms with Crippen molar-refractivity contribution < 1.29 is 13.5 Å². The molecule has 0 aromatic heterocycles. The Morgan fingerprint density at radius 3 is 2.55 bits per heavy atom. The minimum atomic E-state index is -0.858. The summed E-state index contributed by atoms with van der Waals surface area (Å²) in [6, 6.07) is 8.55. The standard InChI is InChI=1S/C14H13BrF2N2O/c1-20-11-5-3-2-4-8(11)14(19-18)12-10(16)7-6-9(15)13(12)17/h2-7,14,19H,18H2,1H3. The summed E-state index contributed by atoms with van der Waals surface area (Å²) in [4.78, 5) is 0. The molecule has 0 saturated heterocycles. The van der Waals surface area contributed by atoms with Gasteiger partial charge >= 0.3 is 0 Å². The molecule has 0 spiro atoms. The normalized spacial score (nSPS) is 12.2. The minimum Gasteiger partial charge on any atom is -0.496 e. The number of methoxy groups -OCH3 is 1. The minimum absolute atomic E-state index is 0.161. The van der Waals surface area contributed by atoms with E-state index in [1.54, 1.807) is 24.3 Å². The highest BCUT2D eigenvalue weighted by Gasteiger charge is 2.24. The third-order valence-electron chi connectivity index (χ3n) is 2.98. The van der Waals surface area contributed by atoms with Gasteiger partial charge in [0.2, 0.25) is 0 Å². The van der Waals surface area contributed by atoms with Gasteiger partial charge < -0.3 is 4.74 Å². The number of benzene rings is 2. The van der Waals surface area contributed by atoms with E-state index in [1.165, 1.54) is 19.2 Å². The molecule has 3 N–H and O–H groups in total. The molecule has 0 radical (unpaired) electrons. The fraction of sp³-hybridized carbons (Fsp3) is 0.143. The van der Waals surface area contributed by atoms with Gasteiger partial charge in [-0.25, -0.2) is 14.2 Å². The lowest BCUT2D eigenvalue weighted by molar-refractivity contribution is 0.401. The van der Waals surface area contributed by atoms with E-state index in [0.29, 0.717) is 11.3 Å². The molecule has 1 atom stereocenters. The number of para-hydroxylation sites is 1. The average Bonchev–Trinajstić information content (AvgIpc) is 2.47. The van der Waals surface area contributed by atoms with Crippen LogP contribution in [0.15, 0.2) is 40.9 Å². The van der Waals surface area contributed by atoms with Crippen LogP contribution in [-0.2, 0) is 0 Å². The molecule has 0 aliphatic rings. The zero-order valence-corrected chi connectivity index (χ0v) is 12.2. The zero-order valence-electron chi connectivity index (χ0n) is 10.7. The molecule has 106 valence electrons. The molecule has 0 bridgehead atoms. The van der Waals surface area contributed by atoms with Gasteiger partial charge in [0.25, 0.3) is 0 Å². The van der Waals surface area contributed by atoms with Crippen molar-refractivity contribution in [3.63, 3.8) is 0 Å². The molecule has 20 heavy (non-hydrogen) atoms. The summed E-state index contributed by atoms with van der Waals surface area (Å²) in [6.45, 7) is 0. The molecule has 0 amide bonds. The first-order valence-electron chi connectivity index (χ1n) is 5.82. The second kappa shape index (κ2) is 6.30. The summed E-state index contributed by atoms with van der Waals surface area (Å²) in [5, 5.41) is 0. The summed E-state index contributed by atoms with van der Waals surface area (Å²) in [7, 11) is 1.49. The van der Waals surface area contributed by atoms with Gasteiger partial charge in [0.05, 0.1) is 17.6 Å². The van der Waals surface area contributed by atoms with Crippen LogP contribution in [0.1, 0.15) is 17.2 Å². The Hall–Kier alpha value is -1.50. The van der Waals surface area contributed by atoms with Crippen LogP contribution in [0.25, 0.3) is 0 Å². The van der Waals surface area contributed by atoms with Gasteiger partial charge in [-0.15, -0.1) is 0 Å². The third-order valence-corrected chi connectivity index (χ3v) is 3.60. The number of hydrogen-bond donors (Lipinski definition) is 2. The van der Waals surface area contributed by atoms with Crippen LogP contribution < -0.4 is 16.0 Å². The summed E-state index contributed by atoms with van der Waals surface area (Å²) in [5.41, 5.74) is 2.83. The first-order chi connectivity index (χ1) is 9.60. The summed E-state index contributed by atoms with van der Waals surface area (Å²) in [6.07, 6.45) is 0. The van der Waals surface area contributed by atoms with E-state index in [0.717, 1.165) is 0 Å². The topological polar surface area (TPSA) is 47.3 Å². The Bertz CT molecular complexity index is 622. The summed E-state index contributed by atoms with van der Waals surface area (Å²) >= 11 is 3.04. The maximum atomic E-state index is 14.2. The van der Waals surface area contributed by atoms with E-state index in [1.807, 2.05) is 0 Å². The number of hydrazine groups is 1. The van der Waals surface area contributed by atoms with Gasteiger partial charge in [0, 0.05) is 11.1 Å². The Morgan fingerprint density at radius 2 is 1.90 bits per heavy atom. The van der Waals surface area contributed by atoms with Gasteiger partial charge in [-0.3, -0.25) is 5.84 Å². The molecule has 2 aromatic carbocycles. The van der Waals surface area contributed by atoms with Gasteiger partial charge in [-0.05, 0) is 34.1 Å². The highest BCUT2D eigenvalue weighted by Crippen LogP contribution is 2.34. The maximum absolute atomic E-state index is 14.2. The smallest absolute Gasteiger partial charge is 0.145 e. The maximum Gasteiger partial charge on any atom is 0.145 e. The third kappa shape index (κ3) is 2.67. The first kappa shape index (κ1) is 14.9. The molecule has 1 unspecified atom stereocenters. The Morgan fingerprint density at radius 1 is 1.20 bits per heavy atom. The monoisotopic (exact) mass is 342 g/mol. The number of halogens is 3. The van der Waals surface area contributed by atoms with Crippen molar-refractivity contribution >= 4 is 15.9 Å². The molecule has 2 rings (SSSR count). The number of hydrogen-bond acceptors (Lipinski definition) is 3. The lowest BCUT2D eigenvalue weighted by Crippen LogP contribution is -2.30. The largest absolute Gasteiger partial charge is 0.496 e. The van der Waals surface area contributed by atoms with Crippen molar-refractivity contribution in [1.82, 2.24) is 5.43 Å². The van der Waals surface area contributed by atoms with Crippen LogP contribution in [-0.4, -0.2) is 7.11 Å². The lowest BCUT2D eigenvalue weighted by atomic mass is 9.97. The molecule has 0 saturated carbocycles. The second-order valence-corrected chi connectivity index (χ2v) is 4.95. The fourth-order valence-corrected chi connectivity index (χ4v) is 2.39. The van der Waals surface area contributed by atoms with E-state index in [4.69, 9.17) is 10.6 Å². The van der Waals surface area contributed by atoms with Crippen LogP contribution in [0.2, 0.25) is 0 Å². The number of ether oxygens (including phenoxy) is 1. The van der Waals surface area contributed by atoms with Gasteiger partial charge in [0.15, 0.2) is 0 Å². The van der Waals surface area contributed by atoms with E-state index < -0.39 is 17.7 Å². The molecule has 2 aromatic rings. The van der Waals surface area contributed by atoms with Crippen molar-refractivity contribution in [2.24, 2.45) is 5.84 Å². The van der Waals surface area contributed by atoms with Crippen LogP contribution in [0.5, 0.6) is 5.75 Å². The summed E-state index contributed by atoms with van der Waals surface area (Å²) in [5.74, 6) is 4.61. The quantitative estimate of drug-likeness (QED) is 0.509. The van der Waals surface area contributed by atoms with E-state index in [-0.39, 0.29) is 10.0 Å². The molecular weight excluding hydrogens is 330 g/mol. The SMILES string of the molecule is COc1ccccc1C(NN)c1c(F)ccc(Br)c1F. The van der Waals surface area contributed by atoms with Crippen molar-refractivity contribution in [2.75, 3.05) is 7.11 Å². The number of rotatable bonds is 4. The van der Waals surface area contributed by atoms with Crippen molar-refractivity contribution in [3.8, 4) is 5.75 Å². The lowest BCUT2D eigenvalue weighted by Gasteiger charge is -2.21. The molecule has 0 aliphatic carbocycles. The zero-order chi connectivity index (χ0) is 14.7. The fourth-order valence-electron chi connectivity index (χ4n) is 2.04. The average molecular weight is 343 g/mol. The predicted molar refractivity (Wildman–Crippen MR) is 76.2 cm³/mol. The molecule has 6 heteroatoms. The van der Waals surface area contributed by atoms with Crippen LogP contribution >= 0.6 is 15.9 Å². The van der Waals surface area contributed by atoms with Gasteiger partial charge in [-0.1, -0.05) is 18.2 Å². The van der Waals surface area contributed by atoms with E-state index in [2.05, 4.69) is 21.4 Å². The number of nitrogens with two attached hydrogens (primary N) is 1. The Balaban J connectivity index is 2.62. The van der Waals surface area contributed by atoms with E-state index >= 15 is 0 Å². The van der Waals surface area contributed by atoms with Gasteiger partial charge in [0.1, 0.15) is 17.4 Å². The number of nitrogens with one attached hydrogen (secondary N) is 1. The Kier molecular flexibility index (Phi) is 4.69. The van der Waals surface area contributed by atoms with Crippen LogP contribution in [0.4, 0.5) is 8.78 Å². The predicted octanol–water partition coefficient (Wildman–Crippen LogP) is 3.29. The van der Waals surface area contributed by atoms with Crippen molar-refractivity contribution in [3.05, 3.63) is 63.6 Å². The Labute approximate surface area is 123 Å². The molecular formula is C14H13BrF2N2O. The molecule has 3 nitrogen and oxygen atoms in total. The van der Waals surface area contributed by atoms with Crippen molar-refractivity contribution in [2.45, 2.75) is 6.04 Å². The van der Waals surface area contributed by atoms with E-state index in [9.17, 15) is 8.78 Å². The highest BCUT2D eigenvalue weighted by molar-refractivity contribution is 9.10. The molecule has 0 aliphatic heterocycles. The van der Waals surface area contributed by atoms with Crippen LogP contribution in [0, 0.1) is 11.6 Å². The molecule has 0 fully saturated rings.